The molecule has 21 heavy (non-hydrogen) atoms. The Morgan fingerprint density at radius 3 is 1.57 bits per heavy atom. The maximum atomic E-state index is 5.89. The Bertz CT molecular complexity index is 508. The molecule has 0 bridgehead atoms. The minimum Gasteiger partial charge on any atom is -0.494 e. The molecule has 0 aromatic heterocycles. The summed E-state index contributed by atoms with van der Waals surface area (Å²) in [7, 11) is 0. The molecule has 0 aliphatic heterocycles. The van der Waals surface area contributed by atoms with E-state index >= 15 is 0 Å². The molecular formula is C17H18Cl2O2. The fraction of sp³-hybridized carbons (Fsp3) is 0.294. The lowest BCUT2D eigenvalue weighted by molar-refractivity contribution is 0.279. The van der Waals surface area contributed by atoms with Gasteiger partial charge in [-0.05, 0) is 55.7 Å². The van der Waals surface area contributed by atoms with E-state index in [-0.39, 0.29) is 0 Å². The summed E-state index contributed by atoms with van der Waals surface area (Å²) in [6.07, 6.45) is 3.04. The summed E-state index contributed by atoms with van der Waals surface area (Å²) in [5, 5.41) is 1.39. The molecule has 4 heteroatoms. The molecule has 0 saturated carbocycles. The summed E-state index contributed by atoms with van der Waals surface area (Å²) in [5.74, 6) is 1.63. The third kappa shape index (κ3) is 6.28. The molecule has 0 heterocycles. The molecule has 0 atom stereocenters. The van der Waals surface area contributed by atoms with Crippen LogP contribution in [-0.2, 0) is 0 Å². The van der Waals surface area contributed by atoms with Crippen LogP contribution in [-0.4, -0.2) is 13.2 Å². The van der Waals surface area contributed by atoms with Crippen LogP contribution < -0.4 is 9.47 Å². The van der Waals surface area contributed by atoms with Gasteiger partial charge in [-0.2, -0.15) is 0 Å². The zero-order valence-electron chi connectivity index (χ0n) is 11.7. The molecule has 112 valence electrons. The quantitative estimate of drug-likeness (QED) is 0.586. The van der Waals surface area contributed by atoms with Gasteiger partial charge in [0.15, 0.2) is 0 Å². The van der Waals surface area contributed by atoms with Crippen molar-refractivity contribution in [2.24, 2.45) is 0 Å². The van der Waals surface area contributed by atoms with Gasteiger partial charge in [0.2, 0.25) is 0 Å². The Labute approximate surface area is 135 Å². The van der Waals surface area contributed by atoms with Crippen LogP contribution in [0, 0.1) is 0 Å². The molecule has 2 nitrogen and oxygen atoms in total. The van der Waals surface area contributed by atoms with Gasteiger partial charge in [-0.1, -0.05) is 35.3 Å². The van der Waals surface area contributed by atoms with Crippen molar-refractivity contribution in [3.05, 3.63) is 58.6 Å². The number of ether oxygens (including phenoxy) is 2. The third-order valence-corrected chi connectivity index (χ3v) is 3.39. The fourth-order valence-corrected chi connectivity index (χ4v) is 2.24. The lowest BCUT2D eigenvalue weighted by Crippen LogP contribution is -2.00. The average Bonchev–Trinajstić information content (AvgIpc) is 2.46. The van der Waals surface area contributed by atoms with Crippen LogP contribution in [0.1, 0.15) is 19.3 Å². The summed E-state index contributed by atoms with van der Waals surface area (Å²) in [6.45, 7) is 1.38. The second kappa shape index (κ2) is 8.81. The Balaban J connectivity index is 1.54. The van der Waals surface area contributed by atoms with Crippen LogP contribution in [0.3, 0.4) is 0 Å². The van der Waals surface area contributed by atoms with Gasteiger partial charge in [-0.25, -0.2) is 0 Å². The highest BCUT2D eigenvalue weighted by atomic mass is 35.5. The summed E-state index contributed by atoms with van der Waals surface area (Å²) in [4.78, 5) is 0. The first kappa shape index (κ1) is 16.0. The monoisotopic (exact) mass is 324 g/mol. The van der Waals surface area contributed by atoms with Crippen molar-refractivity contribution in [1.82, 2.24) is 0 Å². The van der Waals surface area contributed by atoms with Crippen molar-refractivity contribution in [2.45, 2.75) is 19.3 Å². The molecule has 0 unspecified atom stereocenters. The SMILES string of the molecule is Clc1cccc(OCCCCCOc2cccc(Cl)c2)c1. The topological polar surface area (TPSA) is 18.5 Å². The van der Waals surface area contributed by atoms with Crippen LogP contribution >= 0.6 is 23.2 Å². The number of hydrogen-bond acceptors (Lipinski definition) is 2. The zero-order chi connectivity index (χ0) is 14.9. The number of hydrogen-bond donors (Lipinski definition) is 0. The van der Waals surface area contributed by atoms with Gasteiger partial charge < -0.3 is 9.47 Å². The summed E-state index contributed by atoms with van der Waals surface area (Å²) >= 11 is 11.8. The molecule has 0 radical (unpaired) electrons. The Hall–Kier alpha value is -1.38. The van der Waals surface area contributed by atoms with Crippen molar-refractivity contribution in [3.63, 3.8) is 0 Å². The first-order valence-electron chi connectivity index (χ1n) is 7.01. The number of rotatable bonds is 8. The molecule has 0 fully saturated rings. The van der Waals surface area contributed by atoms with Crippen LogP contribution in [0.4, 0.5) is 0 Å². The molecule has 0 aliphatic rings. The van der Waals surface area contributed by atoms with Gasteiger partial charge in [0, 0.05) is 10.0 Å². The first-order valence-corrected chi connectivity index (χ1v) is 7.76. The van der Waals surface area contributed by atoms with Crippen molar-refractivity contribution >= 4 is 23.2 Å². The average molecular weight is 325 g/mol. The molecule has 2 aromatic carbocycles. The first-order chi connectivity index (χ1) is 10.2. The van der Waals surface area contributed by atoms with Gasteiger partial charge in [-0.3, -0.25) is 0 Å². The zero-order valence-corrected chi connectivity index (χ0v) is 13.2. The van der Waals surface area contributed by atoms with E-state index in [4.69, 9.17) is 32.7 Å². The molecule has 0 aliphatic carbocycles. The molecule has 0 N–H and O–H groups in total. The Kier molecular flexibility index (Phi) is 6.71. The van der Waals surface area contributed by atoms with Crippen molar-refractivity contribution < 1.29 is 9.47 Å². The highest BCUT2D eigenvalue weighted by Gasteiger charge is 1.97. The van der Waals surface area contributed by atoms with Gasteiger partial charge in [0.1, 0.15) is 11.5 Å². The van der Waals surface area contributed by atoms with E-state index in [1.54, 1.807) is 0 Å². The van der Waals surface area contributed by atoms with E-state index in [9.17, 15) is 0 Å². The largest absolute Gasteiger partial charge is 0.494 e. The molecule has 2 rings (SSSR count). The van der Waals surface area contributed by atoms with E-state index in [0.717, 1.165) is 30.8 Å². The summed E-state index contributed by atoms with van der Waals surface area (Å²) < 4.78 is 11.2. The van der Waals surface area contributed by atoms with Crippen molar-refractivity contribution in [3.8, 4) is 11.5 Å². The van der Waals surface area contributed by atoms with E-state index in [1.807, 2.05) is 48.5 Å². The van der Waals surface area contributed by atoms with E-state index < -0.39 is 0 Å². The maximum absolute atomic E-state index is 5.89. The highest BCUT2D eigenvalue weighted by Crippen LogP contribution is 2.18. The van der Waals surface area contributed by atoms with Crippen LogP contribution in [0.5, 0.6) is 11.5 Å². The third-order valence-electron chi connectivity index (χ3n) is 2.92. The number of benzene rings is 2. The van der Waals surface area contributed by atoms with Gasteiger partial charge in [-0.15, -0.1) is 0 Å². The van der Waals surface area contributed by atoms with Gasteiger partial charge in [0.05, 0.1) is 13.2 Å². The molecule has 0 spiro atoms. The van der Waals surface area contributed by atoms with E-state index in [0.29, 0.717) is 23.3 Å². The number of halogens is 2. The second-order valence-electron chi connectivity index (χ2n) is 4.67. The molecular weight excluding hydrogens is 307 g/mol. The summed E-state index contributed by atoms with van der Waals surface area (Å²) in [6, 6.07) is 14.9. The minimum absolute atomic E-state index is 0.692. The smallest absolute Gasteiger partial charge is 0.120 e. The lowest BCUT2D eigenvalue weighted by Gasteiger charge is -2.08. The Morgan fingerprint density at radius 1 is 0.667 bits per heavy atom. The normalized spacial score (nSPS) is 10.4. The van der Waals surface area contributed by atoms with Crippen LogP contribution in [0.25, 0.3) is 0 Å². The van der Waals surface area contributed by atoms with Crippen molar-refractivity contribution in [2.75, 3.05) is 13.2 Å². The maximum Gasteiger partial charge on any atom is 0.120 e. The highest BCUT2D eigenvalue weighted by molar-refractivity contribution is 6.31. The van der Waals surface area contributed by atoms with Gasteiger partial charge in [0.25, 0.3) is 0 Å². The molecule has 0 amide bonds. The molecule has 0 saturated heterocycles. The fourth-order valence-electron chi connectivity index (χ4n) is 1.87. The standard InChI is InChI=1S/C17H18Cl2O2/c18-14-6-4-8-16(12-14)20-10-2-1-3-11-21-17-9-5-7-15(19)13-17/h4-9,12-13H,1-3,10-11H2. The predicted molar refractivity (Wildman–Crippen MR) is 87.7 cm³/mol. The second-order valence-corrected chi connectivity index (χ2v) is 5.55. The lowest BCUT2D eigenvalue weighted by atomic mass is 10.2. The van der Waals surface area contributed by atoms with E-state index in [2.05, 4.69) is 0 Å². The minimum atomic E-state index is 0.692. The van der Waals surface area contributed by atoms with Gasteiger partial charge >= 0.3 is 0 Å². The van der Waals surface area contributed by atoms with E-state index in [1.165, 1.54) is 0 Å². The Morgan fingerprint density at radius 2 is 1.14 bits per heavy atom. The number of unbranched alkanes of at least 4 members (excludes halogenated alkanes) is 2. The van der Waals surface area contributed by atoms with Crippen LogP contribution in [0.2, 0.25) is 10.0 Å². The van der Waals surface area contributed by atoms with Crippen LogP contribution in [0.15, 0.2) is 48.5 Å². The van der Waals surface area contributed by atoms with Crippen molar-refractivity contribution in [1.29, 1.82) is 0 Å². The summed E-state index contributed by atoms with van der Waals surface area (Å²) in [5.41, 5.74) is 0. The molecule has 2 aromatic rings. The predicted octanol–water partition coefficient (Wildman–Crippen LogP) is 5.62.